The highest BCUT2D eigenvalue weighted by Gasteiger charge is 2.44. The van der Waals surface area contributed by atoms with Crippen molar-refractivity contribution < 1.29 is 34.4 Å². The highest BCUT2D eigenvalue weighted by molar-refractivity contribution is 5.87. The number of carbonyl (C=O) groups excluding carboxylic acids is 2. The van der Waals surface area contributed by atoms with Crippen molar-refractivity contribution in [2.75, 3.05) is 0 Å². The molecule has 11 nitrogen and oxygen atoms in total. The van der Waals surface area contributed by atoms with Gasteiger partial charge in [-0.3, -0.25) is 9.59 Å². The Hall–Kier alpha value is -3.54. The van der Waals surface area contributed by atoms with Crippen LogP contribution in [0.25, 0.3) is 0 Å². The largest absolute Gasteiger partial charge is 0.481 e. The minimum atomic E-state index is -0.999. The number of aliphatic hydroxyl groups excluding tert-OH is 2. The second kappa shape index (κ2) is 17.5. The normalized spacial score (nSPS) is 22.2. The number of amides is 1. The van der Waals surface area contributed by atoms with E-state index in [4.69, 9.17) is 15.6 Å². The lowest BCUT2D eigenvalue weighted by Crippen LogP contribution is -2.49. The first-order chi connectivity index (χ1) is 20.6. The van der Waals surface area contributed by atoms with E-state index in [-0.39, 0.29) is 31.1 Å². The highest BCUT2D eigenvalue weighted by Crippen LogP contribution is 2.40. The number of hydrogen-bond donors (Lipinski definition) is 6. The van der Waals surface area contributed by atoms with Gasteiger partial charge in [-0.1, -0.05) is 42.5 Å². The molecule has 7 N–H and O–H groups in total. The molecule has 7 atom stereocenters. The Bertz CT molecular complexity index is 1160. The number of nitrogens with one attached hydrogen (secondary N) is 2. The third-order valence-corrected chi connectivity index (χ3v) is 8.04. The molecule has 43 heavy (non-hydrogen) atoms. The summed E-state index contributed by atoms with van der Waals surface area (Å²) in [6.07, 6.45) is 9.54. The van der Waals surface area contributed by atoms with Crippen molar-refractivity contribution in [3.8, 4) is 0 Å². The molecule has 0 aliphatic heterocycles. The molecule has 0 radical (unpaired) electrons. The first kappa shape index (κ1) is 34.0. The molecule has 1 heterocycles. The van der Waals surface area contributed by atoms with Gasteiger partial charge < -0.3 is 36.1 Å². The number of esters is 1. The van der Waals surface area contributed by atoms with E-state index in [0.29, 0.717) is 44.2 Å². The fourth-order valence-corrected chi connectivity index (χ4v) is 5.61. The quantitative estimate of drug-likeness (QED) is 0.0852. The smallest absolute Gasteiger partial charge is 0.329 e. The van der Waals surface area contributed by atoms with E-state index < -0.39 is 48.2 Å². The number of aliphatic carboxylic acids is 1. The predicted octanol–water partition coefficient (Wildman–Crippen LogP) is 2.67. The zero-order valence-electron chi connectivity index (χ0n) is 24.8. The third-order valence-electron chi connectivity index (χ3n) is 8.04. The molecule has 11 heteroatoms. The standard InChI is InChI=1S/C32H46N4O7/c1-21(33)31(41)36-27(17-23-19-34-20-35-23)32(42)43-29-18-28(38)25(11-7-2-3-8-12-30(39)40)26(29)16-15-24(37)14-13-22-9-5-4-6-10-22/h2,4-7,9-10,19-21,24-29,37-38H,3,8,11-18,33H2,1H3,(H,34,35)(H,36,41)(H,39,40)/b7-2-/t21?,24-,25+,26+,27?,28-,29+/m0/s1. The van der Waals surface area contributed by atoms with E-state index >= 15 is 0 Å². The van der Waals surface area contributed by atoms with Crippen LogP contribution < -0.4 is 11.1 Å². The molecule has 2 aromatic rings. The molecule has 1 aliphatic carbocycles. The van der Waals surface area contributed by atoms with Crippen LogP contribution in [0.3, 0.4) is 0 Å². The third kappa shape index (κ3) is 11.6. The Labute approximate surface area is 252 Å². The van der Waals surface area contributed by atoms with Crippen molar-refractivity contribution in [3.05, 3.63) is 66.3 Å². The number of carbonyl (C=O) groups is 3. The first-order valence-electron chi connectivity index (χ1n) is 15.1. The van der Waals surface area contributed by atoms with Crippen molar-refractivity contribution in [3.63, 3.8) is 0 Å². The molecule has 1 aromatic heterocycles. The van der Waals surface area contributed by atoms with Gasteiger partial charge in [0.05, 0.1) is 24.6 Å². The number of nitrogens with zero attached hydrogens (tertiary/aromatic N) is 1. The van der Waals surface area contributed by atoms with E-state index in [2.05, 4.69) is 15.3 Å². The second-order valence-electron chi connectivity index (χ2n) is 11.5. The summed E-state index contributed by atoms with van der Waals surface area (Å²) in [5, 5.41) is 33.3. The van der Waals surface area contributed by atoms with Gasteiger partial charge in [-0.15, -0.1) is 0 Å². The van der Waals surface area contributed by atoms with Crippen molar-refractivity contribution in [1.82, 2.24) is 15.3 Å². The summed E-state index contributed by atoms with van der Waals surface area (Å²) in [5.41, 5.74) is 7.51. The number of carboxylic acid groups (broad SMARTS) is 1. The van der Waals surface area contributed by atoms with Crippen LogP contribution in [0.1, 0.15) is 69.5 Å². The Balaban J connectivity index is 1.68. The maximum atomic E-state index is 13.4. The fraction of sp³-hybridized carbons (Fsp3) is 0.562. The number of aromatic nitrogens is 2. The SMILES string of the molecule is CC(N)C(=O)NC(Cc1cnc[nH]1)C(=O)O[C@@H]1C[C@H](O)[C@H](C/C=C\CCCC(=O)O)[C@H]1CC[C@@H](O)CCc1ccccc1. The summed E-state index contributed by atoms with van der Waals surface area (Å²) in [4.78, 5) is 43.5. The van der Waals surface area contributed by atoms with E-state index in [1.165, 1.54) is 13.3 Å². The lowest BCUT2D eigenvalue weighted by molar-refractivity contribution is -0.155. The van der Waals surface area contributed by atoms with Gasteiger partial charge in [0.2, 0.25) is 5.91 Å². The second-order valence-corrected chi connectivity index (χ2v) is 11.5. The zero-order chi connectivity index (χ0) is 31.2. The summed E-state index contributed by atoms with van der Waals surface area (Å²) in [5.74, 6) is -2.37. The number of allylic oxidation sites excluding steroid dienone is 2. The monoisotopic (exact) mass is 598 g/mol. The minimum absolute atomic E-state index is 0.0943. The average molecular weight is 599 g/mol. The number of imidazole rings is 1. The summed E-state index contributed by atoms with van der Waals surface area (Å²) in [6.45, 7) is 1.53. The molecule has 1 fully saturated rings. The van der Waals surface area contributed by atoms with Crippen molar-refractivity contribution in [2.45, 2.75) is 102 Å². The number of benzene rings is 1. The van der Waals surface area contributed by atoms with Crippen LogP contribution in [0.4, 0.5) is 0 Å². The molecular weight excluding hydrogens is 552 g/mol. The predicted molar refractivity (Wildman–Crippen MR) is 161 cm³/mol. The van der Waals surface area contributed by atoms with Crippen LogP contribution in [0.2, 0.25) is 0 Å². The number of nitrogens with two attached hydrogens (primary N) is 1. The topological polar surface area (TPSA) is 188 Å². The van der Waals surface area contributed by atoms with Crippen LogP contribution in [0.5, 0.6) is 0 Å². The number of unbranched alkanes of at least 4 members (excludes halogenated alkanes) is 1. The molecule has 0 spiro atoms. The summed E-state index contributed by atoms with van der Waals surface area (Å²) in [7, 11) is 0. The Morgan fingerprint density at radius 2 is 1.95 bits per heavy atom. The maximum Gasteiger partial charge on any atom is 0.329 e. The number of aromatic amines is 1. The lowest BCUT2D eigenvalue weighted by Gasteiger charge is -2.27. The van der Waals surface area contributed by atoms with E-state index in [9.17, 15) is 24.6 Å². The number of ether oxygens (including phenoxy) is 1. The van der Waals surface area contributed by atoms with Gasteiger partial charge in [0.15, 0.2) is 0 Å². The molecule has 1 saturated carbocycles. The van der Waals surface area contributed by atoms with E-state index in [1.54, 1.807) is 6.20 Å². The Morgan fingerprint density at radius 3 is 2.63 bits per heavy atom. The van der Waals surface area contributed by atoms with Crippen molar-refractivity contribution in [1.29, 1.82) is 0 Å². The first-order valence-corrected chi connectivity index (χ1v) is 15.1. The van der Waals surface area contributed by atoms with Gasteiger partial charge >= 0.3 is 11.9 Å². The number of aryl methyl sites for hydroxylation is 1. The summed E-state index contributed by atoms with van der Waals surface area (Å²) in [6, 6.07) is 8.13. The van der Waals surface area contributed by atoms with Crippen LogP contribution >= 0.6 is 0 Å². The average Bonchev–Trinajstić information content (AvgIpc) is 3.59. The zero-order valence-corrected chi connectivity index (χ0v) is 24.8. The number of carboxylic acids is 1. The van der Waals surface area contributed by atoms with Gasteiger partial charge in [0, 0.05) is 37.1 Å². The van der Waals surface area contributed by atoms with Crippen LogP contribution in [-0.2, 0) is 32.0 Å². The molecule has 2 unspecified atom stereocenters. The van der Waals surface area contributed by atoms with Crippen LogP contribution in [0.15, 0.2) is 55.0 Å². The maximum absolute atomic E-state index is 13.4. The number of rotatable bonds is 18. The lowest BCUT2D eigenvalue weighted by atomic mass is 9.85. The number of aliphatic hydroxyl groups is 2. The van der Waals surface area contributed by atoms with Gasteiger partial charge in [-0.25, -0.2) is 9.78 Å². The molecule has 0 saturated heterocycles. The van der Waals surface area contributed by atoms with Crippen LogP contribution in [-0.4, -0.2) is 73.5 Å². The Morgan fingerprint density at radius 1 is 1.19 bits per heavy atom. The van der Waals surface area contributed by atoms with Crippen molar-refractivity contribution in [2.24, 2.45) is 17.6 Å². The number of hydrogen-bond acceptors (Lipinski definition) is 8. The molecular formula is C32H46N4O7. The summed E-state index contributed by atoms with van der Waals surface area (Å²) < 4.78 is 5.99. The highest BCUT2D eigenvalue weighted by atomic mass is 16.5. The van der Waals surface area contributed by atoms with Gasteiger partial charge in [0.25, 0.3) is 0 Å². The number of H-pyrrole nitrogens is 1. The van der Waals surface area contributed by atoms with Gasteiger partial charge in [0.1, 0.15) is 12.1 Å². The van der Waals surface area contributed by atoms with E-state index in [1.807, 2.05) is 42.5 Å². The van der Waals surface area contributed by atoms with E-state index in [0.717, 1.165) is 12.0 Å². The Kier molecular flexibility index (Phi) is 13.9. The van der Waals surface area contributed by atoms with Crippen LogP contribution in [0, 0.1) is 11.8 Å². The van der Waals surface area contributed by atoms with Crippen molar-refractivity contribution >= 4 is 17.8 Å². The summed E-state index contributed by atoms with van der Waals surface area (Å²) >= 11 is 0. The molecule has 1 amide bonds. The van der Waals surface area contributed by atoms with Gasteiger partial charge in [-0.05, 0) is 63.4 Å². The van der Waals surface area contributed by atoms with Gasteiger partial charge in [-0.2, -0.15) is 0 Å². The molecule has 236 valence electrons. The fourth-order valence-electron chi connectivity index (χ4n) is 5.61. The molecule has 0 bridgehead atoms. The minimum Gasteiger partial charge on any atom is -0.481 e. The molecule has 3 rings (SSSR count). The molecule has 1 aliphatic rings. The molecule has 1 aromatic carbocycles.